The third kappa shape index (κ3) is 2.35. The van der Waals surface area contributed by atoms with Gasteiger partial charge in [-0.25, -0.2) is 9.18 Å². The second-order valence-electron chi connectivity index (χ2n) is 3.65. The molecule has 0 saturated carbocycles. The van der Waals surface area contributed by atoms with Crippen molar-refractivity contribution in [1.82, 2.24) is 5.16 Å². The summed E-state index contributed by atoms with van der Waals surface area (Å²) < 4.78 is 23.4. The summed E-state index contributed by atoms with van der Waals surface area (Å²) in [6, 6.07) is 4.01. The largest absolute Gasteiger partial charge is 0.491 e. The highest BCUT2D eigenvalue weighted by Crippen LogP contribution is 2.32. The average Bonchev–Trinajstić information content (AvgIpc) is 2.74. The van der Waals surface area contributed by atoms with E-state index in [9.17, 15) is 9.18 Å². The number of halogens is 1. The highest BCUT2D eigenvalue weighted by Gasteiger charge is 2.22. The highest BCUT2D eigenvalue weighted by molar-refractivity contribution is 5.96. The maximum Gasteiger partial charge on any atom is 0.358 e. The predicted molar refractivity (Wildman–Crippen MR) is 64.4 cm³/mol. The number of nitrogen functional groups attached to an aromatic ring is 1. The number of hydrogen-bond donors (Lipinski definition) is 2. The quantitative estimate of drug-likeness (QED) is 0.879. The van der Waals surface area contributed by atoms with Gasteiger partial charge in [0.15, 0.2) is 11.6 Å². The number of ether oxygens (including phenoxy) is 1. The van der Waals surface area contributed by atoms with Crippen LogP contribution in [0.3, 0.4) is 0 Å². The van der Waals surface area contributed by atoms with Crippen LogP contribution in [0.5, 0.6) is 5.75 Å². The van der Waals surface area contributed by atoms with Gasteiger partial charge in [0.2, 0.25) is 11.6 Å². The second kappa shape index (κ2) is 4.97. The van der Waals surface area contributed by atoms with Crippen molar-refractivity contribution in [1.29, 1.82) is 0 Å². The number of carboxylic acids is 1. The number of anilines is 1. The number of nitrogens with zero attached hydrogens (tertiary/aromatic N) is 1. The summed E-state index contributed by atoms with van der Waals surface area (Å²) in [4.78, 5) is 11.0. The van der Waals surface area contributed by atoms with Gasteiger partial charge >= 0.3 is 5.97 Å². The van der Waals surface area contributed by atoms with Gasteiger partial charge in [0, 0.05) is 0 Å². The first kappa shape index (κ1) is 12.9. The molecule has 0 saturated heterocycles. The summed E-state index contributed by atoms with van der Waals surface area (Å²) in [5.74, 6) is -2.01. The molecule has 2 aromatic rings. The fourth-order valence-corrected chi connectivity index (χ4v) is 1.66. The lowest BCUT2D eigenvalue weighted by molar-refractivity contribution is 0.0686. The summed E-state index contributed by atoms with van der Waals surface area (Å²) >= 11 is 0. The molecule has 2 rings (SSSR count). The fourth-order valence-electron chi connectivity index (χ4n) is 1.66. The lowest BCUT2D eigenvalue weighted by atomic mass is 10.1. The van der Waals surface area contributed by atoms with E-state index in [1.807, 2.05) is 0 Å². The number of rotatable bonds is 4. The van der Waals surface area contributed by atoms with E-state index in [1.54, 1.807) is 6.92 Å². The monoisotopic (exact) mass is 266 g/mol. The molecule has 1 aromatic heterocycles. The average molecular weight is 266 g/mol. The molecule has 3 N–H and O–H groups in total. The van der Waals surface area contributed by atoms with Gasteiger partial charge < -0.3 is 20.1 Å². The molecule has 0 atom stereocenters. The smallest absolute Gasteiger partial charge is 0.358 e. The normalized spacial score (nSPS) is 10.4. The van der Waals surface area contributed by atoms with Crippen LogP contribution in [0.1, 0.15) is 17.4 Å². The molecule has 0 aliphatic carbocycles. The van der Waals surface area contributed by atoms with E-state index in [2.05, 4.69) is 9.68 Å². The summed E-state index contributed by atoms with van der Waals surface area (Å²) in [7, 11) is 0. The summed E-state index contributed by atoms with van der Waals surface area (Å²) in [6.07, 6.45) is 0. The molecule has 0 aliphatic heterocycles. The number of aromatic carboxylic acids is 1. The van der Waals surface area contributed by atoms with Gasteiger partial charge in [-0.05, 0) is 24.6 Å². The van der Waals surface area contributed by atoms with Crippen molar-refractivity contribution in [2.24, 2.45) is 0 Å². The zero-order valence-corrected chi connectivity index (χ0v) is 10.0. The van der Waals surface area contributed by atoms with Crippen LogP contribution >= 0.6 is 0 Å². The van der Waals surface area contributed by atoms with Gasteiger partial charge in [-0.15, -0.1) is 0 Å². The van der Waals surface area contributed by atoms with E-state index in [1.165, 1.54) is 12.1 Å². The van der Waals surface area contributed by atoms with E-state index in [-0.39, 0.29) is 28.5 Å². The number of carboxylic acid groups (broad SMARTS) is 1. The number of carbonyl (C=O) groups is 1. The molecular weight excluding hydrogens is 255 g/mol. The minimum Gasteiger partial charge on any atom is -0.491 e. The molecule has 0 aliphatic rings. The van der Waals surface area contributed by atoms with Crippen molar-refractivity contribution in [2.75, 3.05) is 12.3 Å². The first-order chi connectivity index (χ1) is 9.04. The van der Waals surface area contributed by atoms with Crippen LogP contribution in [0.2, 0.25) is 0 Å². The second-order valence-corrected chi connectivity index (χ2v) is 3.65. The van der Waals surface area contributed by atoms with E-state index >= 15 is 0 Å². The van der Waals surface area contributed by atoms with Crippen LogP contribution in [0, 0.1) is 5.82 Å². The van der Waals surface area contributed by atoms with Gasteiger partial charge in [-0.2, -0.15) is 0 Å². The zero-order chi connectivity index (χ0) is 14.0. The lowest BCUT2D eigenvalue weighted by Gasteiger charge is -2.06. The van der Waals surface area contributed by atoms with E-state index < -0.39 is 11.8 Å². The van der Waals surface area contributed by atoms with Gasteiger partial charge in [0.1, 0.15) is 0 Å². The Labute approximate surface area is 107 Å². The Bertz CT molecular complexity index is 624. The van der Waals surface area contributed by atoms with Crippen LogP contribution in [-0.4, -0.2) is 22.8 Å². The molecule has 100 valence electrons. The van der Waals surface area contributed by atoms with E-state index in [0.717, 1.165) is 6.07 Å². The number of benzene rings is 1. The number of aromatic nitrogens is 1. The lowest BCUT2D eigenvalue weighted by Crippen LogP contribution is -2.00. The van der Waals surface area contributed by atoms with Crippen molar-refractivity contribution in [2.45, 2.75) is 6.92 Å². The molecule has 0 radical (unpaired) electrons. The van der Waals surface area contributed by atoms with Gasteiger partial charge in [0.25, 0.3) is 0 Å². The Morgan fingerprint density at radius 3 is 2.89 bits per heavy atom. The first-order valence-electron chi connectivity index (χ1n) is 5.45. The molecule has 0 bridgehead atoms. The van der Waals surface area contributed by atoms with Crippen LogP contribution in [0.25, 0.3) is 11.1 Å². The fraction of sp³-hybridized carbons (Fsp3) is 0.167. The molecule has 0 amide bonds. The molecule has 0 spiro atoms. The molecule has 6 nitrogen and oxygen atoms in total. The highest BCUT2D eigenvalue weighted by atomic mass is 19.1. The van der Waals surface area contributed by atoms with Crippen molar-refractivity contribution in [3.05, 3.63) is 29.7 Å². The summed E-state index contributed by atoms with van der Waals surface area (Å²) in [5, 5.41) is 12.3. The summed E-state index contributed by atoms with van der Waals surface area (Å²) in [6.45, 7) is 2.06. The third-order valence-corrected chi connectivity index (χ3v) is 2.44. The van der Waals surface area contributed by atoms with Crippen LogP contribution in [0.4, 0.5) is 10.3 Å². The first-order valence-corrected chi connectivity index (χ1v) is 5.45. The topological polar surface area (TPSA) is 98.6 Å². The molecule has 1 aromatic carbocycles. The Kier molecular flexibility index (Phi) is 3.37. The molecule has 7 heteroatoms. The molecule has 1 heterocycles. The van der Waals surface area contributed by atoms with E-state index in [4.69, 9.17) is 15.6 Å². The van der Waals surface area contributed by atoms with Crippen molar-refractivity contribution in [3.8, 4) is 16.9 Å². The Morgan fingerprint density at radius 1 is 1.58 bits per heavy atom. The van der Waals surface area contributed by atoms with Crippen LogP contribution in [0.15, 0.2) is 22.7 Å². The Morgan fingerprint density at radius 2 is 2.32 bits per heavy atom. The molecule has 19 heavy (non-hydrogen) atoms. The van der Waals surface area contributed by atoms with Gasteiger partial charge in [0.05, 0.1) is 12.2 Å². The maximum atomic E-state index is 13.7. The van der Waals surface area contributed by atoms with Gasteiger partial charge in [-0.3, -0.25) is 0 Å². The van der Waals surface area contributed by atoms with Crippen molar-refractivity contribution >= 4 is 11.9 Å². The summed E-state index contributed by atoms with van der Waals surface area (Å²) in [5.41, 5.74) is 5.46. The predicted octanol–water partition coefficient (Wildman–Crippen LogP) is 2.16. The number of hydrogen-bond acceptors (Lipinski definition) is 5. The third-order valence-electron chi connectivity index (χ3n) is 2.44. The minimum absolute atomic E-state index is 0.0504. The Balaban J connectivity index is 2.51. The molecule has 0 unspecified atom stereocenters. The minimum atomic E-state index is -1.30. The standard InChI is InChI=1S/C12H11FN2O4/c1-2-18-8-4-3-6(5-7(8)13)9-10(12(16)17)15-19-11(9)14/h3-5H,2,14H2,1H3,(H,16,17). The Hall–Kier alpha value is -2.57. The van der Waals surface area contributed by atoms with Crippen LogP contribution in [-0.2, 0) is 0 Å². The zero-order valence-electron chi connectivity index (χ0n) is 10.0. The van der Waals surface area contributed by atoms with Crippen LogP contribution < -0.4 is 10.5 Å². The number of nitrogens with two attached hydrogens (primary N) is 1. The van der Waals surface area contributed by atoms with Crippen molar-refractivity contribution in [3.63, 3.8) is 0 Å². The van der Waals surface area contributed by atoms with Crippen molar-refractivity contribution < 1.29 is 23.6 Å². The maximum absolute atomic E-state index is 13.7. The van der Waals surface area contributed by atoms with E-state index in [0.29, 0.717) is 6.61 Å². The molecular formula is C12H11FN2O4. The van der Waals surface area contributed by atoms with Gasteiger partial charge in [-0.1, -0.05) is 11.2 Å². The SMILES string of the molecule is CCOc1ccc(-c2c(C(=O)O)noc2N)cc1F. The molecule has 0 fully saturated rings.